The third kappa shape index (κ3) is 4.14. The lowest BCUT2D eigenvalue weighted by atomic mass is 10.1. The molecule has 3 aromatic carbocycles. The van der Waals surface area contributed by atoms with Gasteiger partial charge in [0.25, 0.3) is 0 Å². The summed E-state index contributed by atoms with van der Waals surface area (Å²) in [5, 5.41) is 1.27. The van der Waals surface area contributed by atoms with Crippen LogP contribution in [0.2, 0.25) is 10.0 Å². The van der Waals surface area contributed by atoms with Crippen molar-refractivity contribution in [1.82, 2.24) is 0 Å². The molecule has 0 saturated heterocycles. The van der Waals surface area contributed by atoms with Crippen molar-refractivity contribution in [3.05, 3.63) is 75.8 Å². The van der Waals surface area contributed by atoms with E-state index in [4.69, 9.17) is 36.8 Å². The van der Waals surface area contributed by atoms with Gasteiger partial charge in [0, 0.05) is 10.0 Å². The van der Waals surface area contributed by atoms with E-state index < -0.39 is 8.60 Å². The van der Waals surface area contributed by atoms with Crippen molar-refractivity contribution in [3.8, 4) is 17.2 Å². The molecule has 0 saturated carbocycles. The maximum atomic E-state index is 6.18. The second kappa shape index (κ2) is 7.81. The summed E-state index contributed by atoms with van der Waals surface area (Å²) in [6.45, 7) is 4.06. The Bertz CT molecular complexity index is 959. The lowest BCUT2D eigenvalue weighted by Gasteiger charge is -2.24. The molecule has 1 aliphatic heterocycles. The van der Waals surface area contributed by atoms with Gasteiger partial charge in [-0.3, -0.25) is 0 Å². The number of fused-ring (bicyclic) bond motifs is 2. The highest BCUT2D eigenvalue weighted by molar-refractivity contribution is 7.99. The molecule has 7 heteroatoms. The third-order valence-corrected chi connectivity index (χ3v) is 6.69. The van der Waals surface area contributed by atoms with Gasteiger partial charge in [0.15, 0.2) is 0 Å². The molecular formula is C20H15Cl2O3PS. The van der Waals surface area contributed by atoms with E-state index in [1.165, 1.54) is 11.8 Å². The minimum atomic E-state index is -1.71. The van der Waals surface area contributed by atoms with E-state index in [2.05, 4.69) is 0 Å². The molecule has 27 heavy (non-hydrogen) atoms. The van der Waals surface area contributed by atoms with E-state index >= 15 is 0 Å². The summed E-state index contributed by atoms with van der Waals surface area (Å²) in [6.07, 6.45) is 0. The van der Waals surface area contributed by atoms with Crippen LogP contribution in [0.4, 0.5) is 0 Å². The Hall–Kier alpha value is -1.58. The summed E-state index contributed by atoms with van der Waals surface area (Å²) >= 11 is 13.9. The predicted octanol–water partition coefficient (Wildman–Crippen LogP) is 7.84. The summed E-state index contributed by atoms with van der Waals surface area (Å²) in [4.78, 5) is 1.76. The molecule has 1 aliphatic rings. The normalized spacial score (nSPS) is 13.5. The smallest absolute Gasteiger partial charge is 0.408 e. The largest absolute Gasteiger partial charge is 0.530 e. The molecule has 0 spiro atoms. The minimum absolute atomic E-state index is 0.634. The quantitative estimate of drug-likeness (QED) is 0.382. The molecule has 3 aromatic rings. The summed E-state index contributed by atoms with van der Waals surface area (Å²) < 4.78 is 18.3. The number of aryl methyl sites for hydroxylation is 1. The average molecular weight is 437 g/mol. The van der Waals surface area contributed by atoms with Crippen molar-refractivity contribution >= 4 is 43.6 Å². The molecule has 0 fully saturated rings. The van der Waals surface area contributed by atoms with Crippen LogP contribution in [0, 0.1) is 13.8 Å². The Morgan fingerprint density at radius 1 is 0.852 bits per heavy atom. The Labute approximate surface area is 173 Å². The van der Waals surface area contributed by atoms with E-state index in [-0.39, 0.29) is 0 Å². The van der Waals surface area contributed by atoms with Gasteiger partial charge in [-0.2, -0.15) is 0 Å². The van der Waals surface area contributed by atoms with Crippen molar-refractivity contribution in [3.63, 3.8) is 0 Å². The number of rotatable bonds is 2. The summed E-state index contributed by atoms with van der Waals surface area (Å²) in [5.41, 5.74) is 2.20. The van der Waals surface area contributed by atoms with Gasteiger partial charge in [0.05, 0.1) is 9.79 Å². The van der Waals surface area contributed by atoms with Gasteiger partial charge in [-0.1, -0.05) is 47.1 Å². The monoisotopic (exact) mass is 436 g/mol. The fourth-order valence-electron chi connectivity index (χ4n) is 2.51. The Morgan fingerprint density at radius 2 is 1.44 bits per heavy atom. The molecule has 0 bridgehead atoms. The molecule has 0 aromatic heterocycles. The zero-order valence-electron chi connectivity index (χ0n) is 14.5. The Kier molecular flexibility index (Phi) is 5.43. The molecule has 4 rings (SSSR count). The van der Waals surface area contributed by atoms with Crippen molar-refractivity contribution in [2.75, 3.05) is 0 Å². The van der Waals surface area contributed by atoms with Gasteiger partial charge in [-0.15, -0.1) is 0 Å². The first-order valence-electron chi connectivity index (χ1n) is 8.17. The number of halogens is 2. The molecule has 3 nitrogen and oxygen atoms in total. The van der Waals surface area contributed by atoms with Crippen LogP contribution >= 0.6 is 43.6 Å². The van der Waals surface area contributed by atoms with Gasteiger partial charge in [0.2, 0.25) is 0 Å². The highest BCUT2D eigenvalue weighted by Crippen LogP contribution is 2.52. The van der Waals surface area contributed by atoms with E-state index in [0.717, 1.165) is 26.7 Å². The standard InChI is InChI=1S/C20H15Cl2O3PS/c1-12-4-3-5-16(13(12)2)23-26-24-17-8-6-14(21)10-19(17)27-20-11-15(22)7-9-18(20)25-26/h3-11H,1-2H3. The SMILES string of the molecule is Cc1cccc(OP2Oc3ccc(Cl)cc3Sc3cc(Cl)ccc3O2)c1C. The molecule has 0 atom stereocenters. The van der Waals surface area contributed by atoms with E-state index in [1.54, 1.807) is 12.1 Å². The number of hydrogen-bond acceptors (Lipinski definition) is 4. The van der Waals surface area contributed by atoms with Gasteiger partial charge < -0.3 is 13.6 Å². The lowest BCUT2D eigenvalue weighted by molar-refractivity contribution is 0.378. The molecule has 0 N–H and O–H groups in total. The second-order valence-corrected chi connectivity index (χ2v) is 8.93. The van der Waals surface area contributed by atoms with Crippen molar-refractivity contribution in [2.24, 2.45) is 0 Å². The fraction of sp³-hybridized carbons (Fsp3) is 0.100. The molecule has 138 valence electrons. The van der Waals surface area contributed by atoms with Gasteiger partial charge in [0.1, 0.15) is 17.2 Å². The van der Waals surface area contributed by atoms with Gasteiger partial charge in [-0.05, 0) is 67.4 Å². The number of benzene rings is 3. The third-order valence-electron chi connectivity index (χ3n) is 4.11. The van der Waals surface area contributed by atoms with E-state index in [9.17, 15) is 0 Å². The first-order chi connectivity index (χ1) is 13.0. The van der Waals surface area contributed by atoms with Crippen LogP contribution in [0.25, 0.3) is 0 Å². The van der Waals surface area contributed by atoms with Crippen LogP contribution in [-0.4, -0.2) is 0 Å². The van der Waals surface area contributed by atoms with Crippen molar-refractivity contribution < 1.29 is 13.6 Å². The maximum Gasteiger partial charge on any atom is 0.530 e. The first-order valence-corrected chi connectivity index (χ1v) is 10.8. The van der Waals surface area contributed by atoms with Crippen LogP contribution in [0.1, 0.15) is 11.1 Å². The summed E-state index contributed by atoms with van der Waals surface area (Å²) in [7, 11) is -1.71. The lowest BCUT2D eigenvalue weighted by Crippen LogP contribution is -2.06. The minimum Gasteiger partial charge on any atom is -0.408 e. The molecular weight excluding hydrogens is 422 g/mol. The summed E-state index contributed by atoms with van der Waals surface area (Å²) in [6, 6.07) is 16.9. The number of hydrogen-bond donors (Lipinski definition) is 0. The highest BCUT2D eigenvalue weighted by Gasteiger charge is 2.27. The Balaban J connectivity index is 1.75. The zero-order valence-corrected chi connectivity index (χ0v) is 17.8. The van der Waals surface area contributed by atoms with Crippen LogP contribution in [0.3, 0.4) is 0 Å². The maximum absolute atomic E-state index is 6.18. The Morgan fingerprint density at radius 3 is 2.04 bits per heavy atom. The predicted molar refractivity (Wildman–Crippen MR) is 112 cm³/mol. The summed E-state index contributed by atoms with van der Waals surface area (Å²) in [5.74, 6) is 2.05. The molecule has 1 heterocycles. The molecule has 0 radical (unpaired) electrons. The van der Waals surface area contributed by atoms with Crippen molar-refractivity contribution in [1.29, 1.82) is 0 Å². The average Bonchev–Trinajstić information content (AvgIpc) is 2.62. The fourth-order valence-corrected chi connectivity index (χ4v) is 5.25. The highest BCUT2D eigenvalue weighted by atomic mass is 35.5. The van der Waals surface area contributed by atoms with Crippen LogP contribution in [0.5, 0.6) is 17.2 Å². The van der Waals surface area contributed by atoms with Crippen LogP contribution < -0.4 is 13.6 Å². The molecule has 0 unspecified atom stereocenters. The van der Waals surface area contributed by atoms with Crippen LogP contribution in [-0.2, 0) is 0 Å². The topological polar surface area (TPSA) is 27.7 Å². The second-order valence-electron chi connectivity index (χ2n) is 5.98. The van der Waals surface area contributed by atoms with Crippen molar-refractivity contribution in [2.45, 2.75) is 23.6 Å². The van der Waals surface area contributed by atoms with Gasteiger partial charge >= 0.3 is 8.60 Å². The molecule has 0 aliphatic carbocycles. The molecule has 0 amide bonds. The zero-order chi connectivity index (χ0) is 19.0. The van der Waals surface area contributed by atoms with Crippen LogP contribution in [0.15, 0.2) is 64.4 Å². The van der Waals surface area contributed by atoms with E-state index in [0.29, 0.717) is 21.5 Å². The van der Waals surface area contributed by atoms with E-state index in [1.807, 2.05) is 56.3 Å². The first kappa shape index (κ1) is 18.8. The van der Waals surface area contributed by atoms with Gasteiger partial charge in [-0.25, -0.2) is 0 Å².